The number of hydrogen-bond donors (Lipinski definition) is 2. The van der Waals surface area contributed by atoms with Gasteiger partial charge in [0.2, 0.25) is 5.91 Å². The summed E-state index contributed by atoms with van der Waals surface area (Å²) in [5, 5.41) is 3.05. The number of amides is 1. The summed E-state index contributed by atoms with van der Waals surface area (Å²) in [6, 6.07) is 0.126. The topological polar surface area (TPSA) is 55.1 Å². The van der Waals surface area contributed by atoms with E-state index in [4.69, 9.17) is 5.73 Å². The van der Waals surface area contributed by atoms with Gasteiger partial charge >= 0.3 is 0 Å². The molecule has 17 heavy (non-hydrogen) atoms. The van der Waals surface area contributed by atoms with Crippen molar-refractivity contribution in [1.82, 2.24) is 5.32 Å². The molecule has 1 aliphatic carbocycles. The van der Waals surface area contributed by atoms with Crippen molar-refractivity contribution in [3.63, 3.8) is 0 Å². The molecule has 1 unspecified atom stereocenters. The lowest BCUT2D eigenvalue weighted by atomic mass is 9.81. The third-order valence-corrected chi connectivity index (χ3v) is 3.96. The first kappa shape index (κ1) is 14.5. The third kappa shape index (κ3) is 6.06. The molecule has 1 amide bonds. The van der Waals surface area contributed by atoms with E-state index in [0.29, 0.717) is 12.3 Å². The van der Waals surface area contributed by atoms with Crippen LogP contribution in [0.5, 0.6) is 0 Å². The van der Waals surface area contributed by atoms with Crippen LogP contribution in [0.15, 0.2) is 0 Å². The Kier molecular flexibility index (Phi) is 6.56. The van der Waals surface area contributed by atoms with E-state index in [1.54, 1.807) is 0 Å². The lowest BCUT2D eigenvalue weighted by molar-refractivity contribution is -0.121. The Labute approximate surface area is 106 Å². The van der Waals surface area contributed by atoms with Gasteiger partial charge in [-0.25, -0.2) is 0 Å². The Bertz CT molecular complexity index is 220. The van der Waals surface area contributed by atoms with Gasteiger partial charge < -0.3 is 11.1 Å². The van der Waals surface area contributed by atoms with E-state index < -0.39 is 0 Å². The van der Waals surface area contributed by atoms with Gasteiger partial charge in [-0.15, -0.1) is 0 Å². The Morgan fingerprint density at radius 3 is 2.41 bits per heavy atom. The highest BCUT2D eigenvalue weighted by atomic mass is 16.1. The van der Waals surface area contributed by atoms with Crippen molar-refractivity contribution < 1.29 is 4.79 Å². The van der Waals surface area contributed by atoms with Crippen LogP contribution in [0.4, 0.5) is 0 Å². The molecule has 0 aromatic rings. The molecule has 0 aliphatic heterocycles. The van der Waals surface area contributed by atoms with Crippen molar-refractivity contribution in [2.45, 2.75) is 64.8 Å². The minimum Gasteiger partial charge on any atom is -0.356 e. The van der Waals surface area contributed by atoms with Crippen LogP contribution in [0.2, 0.25) is 0 Å². The summed E-state index contributed by atoms with van der Waals surface area (Å²) in [4.78, 5) is 11.5. The van der Waals surface area contributed by atoms with Crippen LogP contribution in [0.3, 0.4) is 0 Å². The van der Waals surface area contributed by atoms with Crippen molar-refractivity contribution in [1.29, 1.82) is 0 Å². The second kappa shape index (κ2) is 7.70. The zero-order valence-corrected chi connectivity index (χ0v) is 11.4. The largest absolute Gasteiger partial charge is 0.356 e. The van der Waals surface area contributed by atoms with E-state index in [9.17, 15) is 4.79 Å². The number of hydrogen-bond acceptors (Lipinski definition) is 2. The molecule has 3 nitrogen and oxygen atoms in total. The summed E-state index contributed by atoms with van der Waals surface area (Å²) in [7, 11) is 0. The zero-order chi connectivity index (χ0) is 12.7. The van der Waals surface area contributed by atoms with Gasteiger partial charge in [-0.05, 0) is 38.0 Å². The number of carbonyl (C=O) groups excluding carboxylic acids is 1. The molecule has 1 saturated carbocycles. The Morgan fingerprint density at radius 2 is 1.88 bits per heavy atom. The standard InChI is InChI=1S/C14H28N2O/c1-3-12-5-7-13(8-6-12)10-16-14(17)9-4-11(2)15/h11-13H,3-10,15H2,1-2H3,(H,16,17). The Balaban J connectivity index is 2.08. The predicted molar refractivity (Wildman–Crippen MR) is 71.6 cm³/mol. The maximum atomic E-state index is 11.5. The molecule has 0 heterocycles. The van der Waals surface area contributed by atoms with E-state index in [1.807, 2.05) is 6.92 Å². The molecule has 1 aliphatic rings. The first-order chi connectivity index (χ1) is 8.11. The molecular formula is C14H28N2O. The summed E-state index contributed by atoms with van der Waals surface area (Å²) < 4.78 is 0. The van der Waals surface area contributed by atoms with E-state index in [0.717, 1.165) is 18.9 Å². The second-order valence-electron chi connectivity index (χ2n) is 5.62. The monoisotopic (exact) mass is 240 g/mol. The van der Waals surface area contributed by atoms with Crippen LogP contribution in [0.25, 0.3) is 0 Å². The fraction of sp³-hybridized carbons (Fsp3) is 0.929. The fourth-order valence-corrected chi connectivity index (χ4v) is 2.55. The van der Waals surface area contributed by atoms with Crippen LogP contribution in [-0.2, 0) is 4.79 Å². The highest BCUT2D eigenvalue weighted by molar-refractivity contribution is 5.75. The number of carbonyl (C=O) groups is 1. The summed E-state index contributed by atoms with van der Waals surface area (Å²) in [5.41, 5.74) is 5.63. The highest BCUT2D eigenvalue weighted by Gasteiger charge is 2.20. The smallest absolute Gasteiger partial charge is 0.220 e. The van der Waals surface area contributed by atoms with Gasteiger partial charge in [0.05, 0.1) is 0 Å². The molecule has 0 radical (unpaired) electrons. The van der Waals surface area contributed by atoms with Crippen LogP contribution in [0.1, 0.15) is 58.8 Å². The van der Waals surface area contributed by atoms with Crippen LogP contribution < -0.4 is 11.1 Å². The van der Waals surface area contributed by atoms with Gasteiger partial charge in [-0.3, -0.25) is 4.79 Å². The average Bonchev–Trinajstić information content (AvgIpc) is 2.34. The average molecular weight is 240 g/mol. The summed E-state index contributed by atoms with van der Waals surface area (Å²) in [6.45, 7) is 5.09. The van der Waals surface area contributed by atoms with Crippen LogP contribution in [0, 0.1) is 11.8 Å². The molecule has 1 fully saturated rings. The normalized spacial score (nSPS) is 26.5. The first-order valence-corrected chi connectivity index (χ1v) is 7.14. The quantitative estimate of drug-likeness (QED) is 0.749. The maximum Gasteiger partial charge on any atom is 0.220 e. The SMILES string of the molecule is CCC1CCC(CNC(=O)CCC(C)N)CC1. The molecule has 3 N–H and O–H groups in total. The van der Waals surface area contributed by atoms with Gasteiger partial charge in [0.25, 0.3) is 0 Å². The van der Waals surface area contributed by atoms with Gasteiger partial charge in [-0.1, -0.05) is 26.2 Å². The van der Waals surface area contributed by atoms with E-state index >= 15 is 0 Å². The van der Waals surface area contributed by atoms with E-state index in [-0.39, 0.29) is 11.9 Å². The minimum absolute atomic E-state index is 0.126. The second-order valence-corrected chi connectivity index (χ2v) is 5.62. The number of rotatable bonds is 6. The molecule has 0 aromatic carbocycles. The fourth-order valence-electron chi connectivity index (χ4n) is 2.55. The number of nitrogens with one attached hydrogen (secondary N) is 1. The Hall–Kier alpha value is -0.570. The van der Waals surface area contributed by atoms with Gasteiger partial charge in [0, 0.05) is 19.0 Å². The molecule has 1 atom stereocenters. The van der Waals surface area contributed by atoms with E-state index in [1.165, 1.54) is 32.1 Å². The molecule has 0 bridgehead atoms. The molecule has 3 heteroatoms. The third-order valence-electron chi connectivity index (χ3n) is 3.96. The van der Waals surface area contributed by atoms with Crippen LogP contribution in [-0.4, -0.2) is 18.5 Å². The molecular weight excluding hydrogens is 212 g/mol. The maximum absolute atomic E-state index is 11.5. The first-order valence-electron chi connectivity index (χ1n) is 7.14. The lowest BCUT2D eigenvalue weighted by Crippen LogP contribution is -2.32. The van der Waals surface area contributed by atoms with Crippen LogP contribution >= 0.6 is 0 Å². The van der Waals surface area contributed by atoms with Crippen molar-refractivity contribution in [2.75, 3.05) is 6.54 Å². The summed E-state index contributed by atoms with van der Waals surface area (Å²) in [5.74, 6) is 1.80. The van der Waals surface area contributed by atoms with Crippen molar-refractivity contribution in [2.24, 2.45) is 17.6 Å². The molecule has 1 rings (SSSR count). The Morgan fingerprint density at radius 1 is 1.29 bits per heavy atom. The van der Waals surface area contributed by atoms with Crippen molar-refractivity contribution in [3.05, 3.63) is 0 Å². The molecule has 0 saturated heterocycles. The van der Waals surface area contributed by atoms with Gasteiger partial charge in [-0.2, -0.15) is 0 Å². The zero-order valence-electron chi connectivity index (χ0n) is 11.4. The van der Waals surface area contributed by atoms with Gasteiger partial charge in [0.15, 0.2) is 0 Å². The van der Waals surface area contributed by atoms with Crippen molar-refractivity contribution in [3.8, 4) is 0 Å². The summed E-state index contributed by atoms with van der Waals surface area (Å²) in [6.07, 6.45) is 7.93. The van der Waals surface area contributed by atoms with Crippen molar-refractivity contribution >= 4 is 5.91 Å². The summed E-state index contributed by atoms with van der Waals surface area (Å²) >= 11 is 0. The predicted octanol–water partition coefficient (Wildman–Crippen LogP) is 2.45. The minimum atomic E-state index is 0.126. The molecule has 100 valence electrons. The van der Waals surface area contributed by atoms with E-state index in [2.05, 4.69) is 12.2 Å². The molecule has 0 spiro atoms. The van der Waals surface area contributed by atoms with Gasteiger partial charge in [0.1, 0.15) is 0 Å². The molecule has 0 aromatic heterocycles. The number of nitrogens with two attached hydrogens (primary N) is 1. The lowest BCUT2D eigenvalue weighted by Gasteiger charge is -2.27. The highest BCUT2D eigenvalue weighted by Crippen LogP contribution is 2.30.